The zero-order valence-corrected chi connectivity index (χ0v) is 8.15. The molecule has 1 rings (SSSR count). The largest absolute Gasteiger partial charge is 0.395 e. The Labute approximate surface area is 73.0 Å². The van der Waals surface area contributed by atoms with E-state index in [0.29, 0.717) is 0 Å². The third-order valence-corrected chi connectivity index (χ3v) is 3.57. The van der Waals surface area contributed by atoms with E-state index in [1.165, 1.54) is 11.5 Å². The van der Waals surface area contributed by atoms with Crippen LogP contribution in [0.25, 0.3) is 0 Å². The van der Waals surface area contributed by atoms with Crippen molar-refractivity contribution >= 4 is 11.8 Å². The molecule has 1 aliphatic rings. The number of thioether (sulfide) groups is 1. The molecule has 1 N–H and O–H groups in total. The third kappa shape index (κ3) is 2.36. The molecule has 1 saturated heterocycles. The smallest absolute Gasteiger partial charge is 0.0558 e. The van der Waals surface area contributed by atoms with Crippen LogP contribution in [0.3, 0.4) is 0 Å². The number of hydrogen-bond acceptors (Lipinski definition) is 3. The van der Waals surface area contributed by atoms with E-state index in [9.17, 15) is 0 Å². The van der Waals surface area contributed by atoms with Crippen LogP contribution in [-0.4, -0.2) is 46.7 Å². The molecular formula is C8H17NOS. The van der Waals surface area contributed by atoms with Crippen LogP contribution in [0.2, 0.25) is 0 Å². The Kier molecular flexibility index (Phi) is 3.22. The van der Waals surface area contributed by atoms with Crippen LogP contribution in [0, 0.1) is 0 Å². The van der Waals surface area contributed by atoms with Gasteiger partial charge in [0.25, 0.3) is 0 Å². The Balaban J connectivity index is 2.45. The fourth-order valence-electron chi connectivity index (χ4n) is 1.43. The lowest BCUT2D eigenvalue weighted by atomic mass is 10.1. The standard InChI is InChI=1S/C8H17NOS/c1-8(2)7-11-6-4-9(8)3-5-10/h10H,3-7H2,1-2H3. The van der Waals surface area contributed by atoms with Crippen LogP contribution < -0.4 is 0 Å². The van der Waals surface area contributed by atoms with Gasteiger partial charge in [-0.15, -0.1) is 0 Å². The molecule has 0 aliphatic carbocycles. The van der Waals surface area contributed by atoms with Gasteiger partial charge in [-0.1, -0.05) is 0 Å². The van der Waals surface area contributed by atoms with Gasteiger partial charge in [0.15, 0.2) is 0 Å². The van der Waals surface area contributed by atoms with E-state index in [-0.39, 0.29) is 12.1 Å². The van der Waals surface area contributed by atoms with Gasteiger partial charge in [-0.25, -0.2) is 0 Å². The highest BCUT2D eigenvalue weighted by atomic mass is 32.2. The first-order valence-electron chi connectivity index (χ1n) is 4.10. The summed E-state index contributed by atoms with van der Waals surface area (Å²) in [4.78, 5) is 2.36. The predicted molar refractivity (Wildman–Crippen MR) is 50.1 cm³/mol. The molecule has 0 atom stereocenters. The maximum Gasteiger partial charge on any atom is 0.0558 e. The fourth-order valence-corrected chi connectivity index (χ4v) is 2.60. The summed E-state index contributed by atoms with van der Waals surface area (Å²) < 4.78 is 0. The summed E-state index contributed by atoms with van der Waals surface area (Å²) in [6, 6.07) is 0. The molecule has 2 nitrogen and oxygen atoms in total. The molecule has 0 bridgehead atoms. The highest BCUT2D eigenvalue weighted by Gasteiger charge is 2.28. The monoisotopic (exact) mass is 175 g/mol. The molecule has 11 heavy (non-hydrogen) atoms. The molecule has 3 heteroatoms. The molecule has 1 heterocycles. The average molecular weight is 175 g/mol. The highest BCUT2D eigenvalue weighted by Crippen LogP contribution is 2.25. The van der Waals surface area contributed by atoms with Gasteiger partial charge in [0.05, 0.1) is 6.61 Å². The summed E-state index contributed by atoms with van der Waals surface area (Å²) in [6.45, 7) is 6.73. The van der Waals surface area contributed by atoms with Crippen molar-refractivity contribution in [2.75, 3.05) is 31.2 Å². The Morgan fingerprint density at radius 2 is 2.27 bits per heavy atom. The van der Waals surface area contributed by atoms with Gasteiger partial charge in [-0.3, -0.25) is 4.90 Å². The Morgan fingerprint density at radius 3 is 2.82 bits per heavy atom. The highest BCUT2D eigenvalue weighted by molar-refractivity contribution is 7.99. The summed E-state index contributed by atoms with van der Waals surface area (Å²) in [7, 11) is 0. The molecule has 0 aromatic heterocycles. The molecule has 0 saturated carbocycles. The Hall–Kier alpha value is 0.270. The first-order chi connectivity index (χ1) is 5.17. The van der Waals surface area contributed by atoms with Crippen LogP contribution in [0.15, 0.2) is 0 Å². The first kappa shape index (κ1) is 9.36. The van der Waals surface area contributed by atoms with E-state index in [0.717, 1.165) is 13.1 Å². The van der Waals surface area contributed by atoms with Crippen LogP contribution in [0.1, 0.15) is 13.8 Å². The van der Waals surface area contributed by atoms with Gasteiger partial charge in [0.1, 0.15) is 0 Å². The minimum Gasteiger partial charge on any atom is -0.395 e. The number of β-amino-alcohol motifs (C(OH)–C–C–N with tert-alkyl or cyclic N) is 1. The molecule has 1 fully saturated rings. The predicted octanol–water partition coefficient (Wildman–Crippen LogP) is 0.806. The number of aliphatic hydroxyl groups excluding tert-OH is 1. The van der Waals surface area contributed by atoms with Gasteiger partial charge in [-0.05, 0) is 13.8 Å². The summed E-state index contributed by atoms with van der Waals surface area (Å²) in [5.74, 6) is 2.40. The topological polar surface area (TPSA) is 23.5 Å². The molecule has 0 aromatic rings. The normalized spacial score (nSPS) is 25.4. The molecular weight excluding hydrogens is 158 g/mol. The van der Waals surface area contributed by atoms with Crippen molar-refractivity contribution in [3.05, 3.63) is 0 Å². The van der Waals surface area contributed by atoms with Crippen molar-refractivity contribution in [3.63, 3.8) is 0 Å². The van der Waals surface area contributed by atoms with Crippen LogP contribution in [0.4, 0.5) is 0 Å². The van der Waals surface area contributed by atoms with Crippen LogP contribution >= 0.6 is 11.8 Å². The van der Waals surface area contributed by atoms with Gasteiger partial charge in [0.2, 0.25) is 0 Å². The van der Waals surface area contributed by atoms with Gasteiger partial charge in [0, 0.05) is 30.1 Å². The van der Waals surface area contributed by atoms with Gasteiger partial charge in [-0.2, -0.15) is 11.8 Å². The lowest BCUT2D eigenvalue weighted by molar-refractivity contribution is 0.112. The molecule has 66 valence electrons. The summed E-state index contributed by atoms with van der Waals surface area (Å²) in [5.41, 5.74) is 0.283. The molecule has 0 spiro atoms. The lowest BCUT2D eigenvalue weighted by Gasteiger charge is -2.41. The minimum absolute atomic E-state index is 0.283. The van der Waals surface area contributed by atoms with E-state index in [1.807, 2.05) is 11.8 Å². The second-order valence-corrected chi connectivity index (χ2v) is 4.68. The zero-order valence-electron chi connectivity index (χ0n) is 7.34. The van der Waals surface area contributed by atoms with Crippen molar-refractivity contribution < 1.29 is 5.11 Å². The molecule has 1 aliphatic heterocycles. The number of nitrogens with zero attached hydrogens (tertiary/aromatic N) is 1. The Morgan fingerprint density at radius 1 is 1.55 bits per heavy atom. The minimum atomic E-state index is 0.283. The quantitative estimate of drug-likeness (QED) is 0.672. The van der Waals surface area contributed by atoms with E-state index < -0.39 is 0 Å². The number of hydrogen-bond donors (Lipinski definition) is 1. The van der Waals surface area contributed by atoms with Crippen molar-refractivity contribution in [1.82, 2.24) is 4.90 Å². The van der Waals surface area contributed by atoms with Crippen LogP contribution in [-0.2, 0) is 0 Å². The maximum atomic E-state index is 8.80. The van der Waals surface area contributed by atoms with E-state index >= 15 is 0 Å². The molecule has 0 aromatic carbocycles. The SMILES string of the molecule is CC1(C)CSCCN1CCO. The number of rotatable bonds is 2. The summed E-state index contributed by atoms with van der Waals surface area (Å²) in [5, 5.41) is 8.80. The van der Waals surface area contributed by atoms with E-state index in [4.69, 9.17) is 5.11 Å². The number of aliphatic hydroxyl groups is 1. The van der Waals surface area contributed by atoms with Crippen LogP contribution in [0.5, 0.6) is 0 Å². The van der Waals surface area contributed by atoms with E-state index in [2.05, 4.69) is 18.7 Å². The summed E-state index contributed by atoms with van der Waals surface area (Å²) >= 11 is 2.01. The molecule has 0 unspecified atom stereocenters. The Bertz CT molecular complexity index is 125. The van der Waals surface area contributed by atoms with Gasteiger partial charge < -0.3 is 5.11 Å². The maximum absolute atomic E-state index is 8.80. The lowest BCUT2D eigenvalue weighted by Crippen LogP contribution is -2.51. The van der Waals surface area contributed by atoms with Gasteiger partial charge >= 0.3 is 0 Å². The van der Waals surface area contributed by atoms with Crippen molar-refractivity contribution in [1.29, 1.82) is 0 Å². The van der Waals surface area contributed by atoms with Crippen molar-refractivity contribution in [2.45, 2.75) is 19.4 Å². The second kappa shape index (κ2) is 3.78. The fraction of sp³-hybridized carbons (Fsp3) is 1.00. The van der Waals surface area contributed by atoms with E-state index in [1.54, 1.807) is 0 Å². The molecule has 0 amide bonds. The van der Waals surface area contributed by atoms with Crippen molar-refractivity contribution in [3.8, 4) is 0 Å². The zero-order chi connectivity index (χ0) is 8.32. The summed E-state index contributed by atoms with van der Waals surface area (Å²) in [6.07, 6.45) is 0. The average Bonchev–Trinajstić information content (AvgIpc) is 1.94. The van der Waals surface area contributed by atoms with Crippen molar-refractivity contribution in [2.24, 2.45) is 0 Å². The first-order valence-corrected chi connectivity index (χ1v) is 5.26. The third-order valence-electron chi connectivity index (χ3n) is 2.19. The second-order valence-electron chi connectivity index (χ2n) is 3.58. The molecule has 0 radical (unpaired) electrons.